The van der Waals surface area contributed by atoms with E-state index in [1.165, 1.54) is 4.88 Å². The molecule has 0 radical (unpaired) electrons. The van der Waals surface area contributed by atoms with Gasteiger partial charge >= 0.3 is 0 Å². The van der Waals surface area contributed by atoms with Crippen molar-refractivity contribution in [2.24, 2.45) is 11.5 Å². The third-order valence-corrected chi connectivity index (χ3v) is 11.8. The Morgan fingerprint density at radius 2 is 1.34 bits per heavy atom. The van der Waals surface area contributed by atoms with Crippen molar-refractivity contribution in [3.63, 3.8) is 0 Å². The largest absolute Gasteiger partial charge is 0.399 e. The summed E-state index contributed by atoms with van der Waals surface area (Å²) in [7, 11) is 0. The summed E-state index contributed by atoms with van der Waals surface area (Å²) in [5.41, 5.74) is 21.6. The zero-order valence-electron chi connectivity index (χ0n) is 27.9. The molecule has 0 spiro atoms. The predicted molar refractivity (Wildman–Crippen MR) is 219 cm³/mol. The standard InChI is InChI=1S/C40H36Cl2N6S2/c1-7-33-35(21(2)41)36(24(5)49-33)39-45-29-19-26(22(3)43)13-15-31(29)47(39)17-8-9-18-48-32-16-14-27(23(4)44)20-30(32)46-40(48)37-25(6)50-34-12-10-11-28(42)38(34)37/h7,10-16,19-20H,1-4,8-9,17-18,43-44H2,5-6H3. The van der Waals surface area contributed by atoms with Gasteiger partial charge in [0.1, 0.15) is 11.6 Å². The van der Waals surface area contributed by atoms with Crippen molar-refractivity contribution >= 4 is 101 Å². The number of nitrogens with zero attached hydrogens (tertiary/aromatic N) is 4. The Hall–Kier alpha value is -4.60. The van der Waals surface area contributed by atoms with Gasteiger partial charge in [-0.15, -0.1) is 22.7 Å². The first-order valence-corrected chi connectivity index (χ1v) is 18.6. The van der Waals surface area contributed by atoms with Crippen LogP contribution in [0, 0.1) is 13.8 Å². The number of fused-ring (bicyclic) bond motifs is 3. The number of hydrogen-bond donors (Lipinski definition) is 2. The van der Waals surface area contributed by atoms with Crippen LogP contribution < -0.4 is 11.5 Å². The maximum Gasteiger partial charge on any atom is 0.142 e. The average Bonchev–Trinajstić information content (AvgIpc) is 3.81. The lowest BCUT2D eigenvalue weighted by atomic mass is 10.1. The molecule has 3 aromatic carbocycles. The zero-order valence-corrected chi connectivity index (χ0v) is 31.1. The van der Waals surface area contributed by atoms with E-state index in [0.717, 1.165) is 112 Å². The summed E-state index contributed by atoms with van der Waals surface area (Å²) >= 11 is 16.8. The summed E-state index contributed by atoms with van der Waals surface area (Å²) in [6, 6.07) is 18.2. The zero-order chi connectivity index (χ0) is 35.4. The van der Waals surface area contributed by atoms with Gasteiger partial charge in [-0.25, -0.2) is 9.97 Å². The van der Waals surface area contributed by atoms with E-state index in [4.69, 9.17) is 44.6 Å². The van der Waals surface area contributed by atoms with Gasteiger partial charge in [-0.2, -0.15) is 0 Å². The topological polar surface area (TPSA) is 87.7 Å². The Morgan fingerprint density at radius 1 is 0.800 bits per heavy atom. The molecule has 0 aliphatic heterocycles. The molecule has 7 rings (SSSR count). The lowest BCUT2D eigenvalue weighted by Gasteiger charge is -2.13. The Labute approximate surface area is 309 Å². The van der Waals surface area contributed by atoms with Crippen molar-refractivity contribution in [3.8, 4) is 22.8 Å². The SMILES string of the molecule is C=Cc1sc(C)c(-c2nc3cc(C(=C)N)ccc3n2CCCCn2c(-c3c(C)sc4cccc(Cl)c34)nc3cc(C(=C)N)ccc32)c1C(=C)Cl. The number of thiophene rings is 2. The first kappa shape index (κ1) is 33.9. The molecule has 0 bridgehead atoms. The molecule has 50 heavy (non-hydrogen) atoms. The highest BCUT2D eigenvalue weighted by Crippen LogP contribution is 2.44. The van der Waals surface area contributed by atoms with Crippen LogP contribution in [0.2, 0.25) is 5.02 Å². The Balaban J connectivity index is 1.29. The van der Waals surface area contributed by atoms with Gasteiger partial charge in [0.05, 0.1) is 22.1 Å². The minimum Gasteiger partial charge on any atom is -0.399 e. The van der Waals surface area contributed by atoms with E-state index in [0.29, 0.717) is 16.4 Å². The maximum absolute atomic E-state index is 6.82. The molecule has 0 aliphatic carbocycles. The van der Waals surface area contributed by atoms with E-state index >= 15 is 0 Å². The Bertz CT molecular complexity index is 2540. The van der Waals surface area contributed by atoms with Gasteiger partial charge in [-0.05, 0) is 74.2 Å². The summed E-state index contributed by atoms with van der Waals surface area (Å²) in [6.45, 7) is 21.7. The number of hydrogen-bond acceptors (Lipinski definition) is 6. The second-order valence-electron chi connectivity index (χ2n) is 12.4. The van der Waals surface area contributed by atoms with Gasteiger partial charge in [0.25, 0.3) is 0 Å². The molecule has 0 aliphatic rings. The van der Waals surface area contributed by atoms with Gasteiger partial charge in [0.15, 0.2) is 0 Å². The summed E-state index contributed by atoms with van der Waals surface area (Å²) in [6.07, 6.45) is 3.59. The fourth-order valence-electron chi connectivity index (χ4n) is 6.78. The molecule has 0 fully saturated rings. The molecular formula is C40H36Cl2N6S2. The third-order valence-electron chi connectivity index (χ3n) is 9.11. The lowest BCUT2D eigenvalue weighted by molar-refractivity contribution is 0.571. The summed E-state index contributed by atoms with van der Waals surface area (Å²) in [5.74, 6) is 1.74. The second-order valence-corrected chi connectivity index (χ2v) is 15.7. The molecule has 10 heteroatoms. The minimum absolute atomic E-state index is 0.464. The summed E-state index contributed by atoms with van der Waals surface area (Å²) < 4.78 is 5.74. The number of aromatic nitrogens is 4. The highest BCUT2D eigenvalue weighted by molar-refractivity contribution is 7.19. The quantitative estimate of drug-likeness (QED) is 0.130. The number of aryl methyl sites for hydroxylation is 4. The number of unbranched alkanes of at least 4 members (excludes halogenated alkanes) is 1. The number of halogens is 2. The van der Waals surface area contributed by atoms with Crippen LogP contribution >= 0.6 is 45.9 Å². The van der Waals surface area contributed by atoms with Crippen LogP contribution in [0.5, 0.6) is 0 Å². The molecule has 7 aromatic rings. The van der Waals surface area contributed by atoms with Crippen molar-refractivity contribution in [2.75, 3.05) is 0 Å². The predicted octanol–water partition coefficient (Wildman–Crippen LogP) is 11.5. The highest BCUT2D eigenvalue weighted by Gasteiger charge is 2.24. The molecule has 4 aromatic heterocycles. The summed E-state index contributed by atoms with van der Waals surface area (Å²) in [5, 5.41) is 2.22. The van der Waals surface area contributed by atoms with Gasteiger partial charge < -0.3 is 20.6 Å². The summed E-state index contributed by atoms with van der Waals surface area (Å²) in [4.78, 5) is 13.6. The van der Waals surface area contributed by atoms with Crippen LogP contribution in [0.15, 0.2) is 80.9 Å². The van der Waals surface area contributed by atoms with Crippen LogP contribution in [0.4, 0.5) is 0 Å². The van der Waals surface area contributed by atoms with E-state index < -0.39 is 0 Å². The normalized spacial score (nSPS) is 11.6. The molecule has 252 valence electrons. The first-order valence-electron chi connectivity index (χ1n) is 16.2. The van der Waals surface area contributed by atoms with E-state index in [1.807, 2.05) is 42.5 Å². The van der Waals surface area contributed by atoms with Crippen molar-refractivity contribution < 1.29 is 0 Å². The number of benzene rings is 3. The average molecular weight is 736 g/mol. The van der Waals surface area contributed by atoms with Crippen molar-refractivity contribution in [1.29, 1.82) is 0 Å². The van der Waals surface area contributed by atoms with E-state index in [-0.39, 0.29) is 0 Å². The van der Waals surface area contributed by atoms with E-state index in [1.54, 1.807) is 22.7 Å². The van der Waals surface area contributed by atoms with Crippen molar-refractivity contribution in [1.82, 2.24) is 19.1 Å². The van der Waals surface area contributed by atoms with Gasteiger partial charge in [0.2, 0.25) is 0 Å². The monoisotopic (exact) mass is 734 g/mol. The molecule has 0 atom stereocenters. The second kappa shape index (κ2) is 13.3. The number of rotatable bonds is 11. The highest BCUT2D eigenvalue weighted by atomic mass is 35.5. The Morgan fingerprint density at radius 3 is 1.86 bits per heavy atom. The van der Waals surface area contributed by atoms with Crippen molar-refractivity contribution in [2.45, 2.75) is 39.8 Å². The van der Waals surface area contributed by atoms with E-state index in [2.05, 4.69) is 67.5 Å². The van der Waals surface area contributed by atoms with Gasteiger partial charge in [-0.3, -0.25) is 0 Å². The maximum atomic E-state index is 6.82. The van der Waals surface area contributed by atoms with Gasteiger partial charge in [-0.1, -0.05) is 73.8 Å². The van der Waals surface area contributed by atoms with Crippen LogP contribution in [0.25, 0.3) is 77.4 Å². The smallest absolute Gasteiger partial charge is 0.142 e. The molecule has 0 amide bonds. The minimum atomic E-state index is 0.464. The first-order chi connectivity index (χ1) is 24.0. The van der Waals surface area contributed by atoms with Crippen LogP contribution in [0.1, 0.15) is 44.2 Å². The van der Waals surface area contributed by atoms with Gasteiger partial charge in [0, 0.05) is 75.9 Å². The molecular weight excluding hydrogens is 700 g/mol. The number of imidazole rings is 2. The number of nitrogens with two attached hydrogens (primary N) is 2. The Kier molecular flexibility index (Phi) is 8.99. The fraction of sp³-hybridized carbons (Fsp3) is 0.150. The lowest BCUT2D eigenvalue weighted by Crippen LogP contribution is -2.06. The molecule has 4 N–H and O–H groups in total. The fourth-order valence-corrected chi connectivity index (χ4v) is 9.47. The van der Waals surface area contributed by atoms with Crippen LogP contribution in [-0.4, -0.2) is 19.1 Å². The van der Waals surface area contributed by atoms with E-state index in [9.17, 15) is 0 Å². The van der Waals surface area contributed by atoms with Crippen LogP contribution in [0.3, 0.4) is 0 Å². The molecule has 0 unspecified atom stereocenters. The van der Waals surface area contributed by atoms with Crippen LogP contribution in [-0.2, 0) is 13.1 Å². The molecule has 6 nitrogen and oxygen atoms in total. The molecule has 4 heterocycles. The molecule has 0 saturated heterocycles. The third kappa shape index (κ3) is 5.76. The molecule has 0 saturated carbocycles. The van der Waals surface area contributed by atoms with Crippen molar-refractivity contribution in [3.05, 3.63) is 117 Å².